The van der Waals surface area contributed by atoms with Gasteiger partial charge in [-0.25, -0.2) is 4.98 Å². The lowest BCUT2D eigenvalue weighted by Crippen LogP contribution is -2.21. The van der Waals surface area contributed by atoms with Gasteiger partial charge in [0.25, 0.3) is 0 Å². The average Bonchev–Trinajstić information content (AvgIpc) is 2.76. The summed E-state index contributed by atoms with van der Waals surface area (Å²) in [5, 5.41) is 15.2. The SMILES string of the molecule is CCCCN1c2ccccc2Sc2cc(C=NNc3nc(N)ncc3[N+](=O)[O-])ccc21. The van der Waals surface area contributed by atoms with Crippen LogP contribution in [0.15, 0.2) is 63.6 Å². The molecule has 10 heteroatoms. The van der Waals surface area contributed by atoms with E-state index in [2.05, 4.69) is 62.7 Å². The van der Waals surface area contributed by atoms with Crippen LogP contribution in [0.4, 0.5) is 28.8 Å². The summed E-state index contributed by atoms with van der Waals surface area (Å²) in [7, 11) is 0. The number of nitro groups is 1. The van der Waals surface area contributed by atoms with Gasteiger partial charge in [0.05, 0.1) is 22.5 Å². The Morgan fingerprint density at radius 3 is 2.87 bits per heavy atom. The van der Waals surface area contributed by atoms with Gasteiger partial charge in [0.15, 0.2) is 0 Å². The number of nitrogens with one attached hydrogen (secondary N) is 1. The van der Waals surface area contributed by atoms with E-state index in [1.165, 1.54) is 16.3 Å². The van der Waals surface area contributed by atoms with Crippen LogP contribution in [-0.4, -0.2) is 27.7 Å². The maximum Gasteiger partial charge on any atom is 0.331 e. The second-order valence-corrected chi connectivity index (χ2v) is 7.98. The fraction of sp³-hybridized carbons (Fsp3) is 0.190. The van der Waals surface area contributed by atoms with Crippen LogP contribution in [0.5, 0.6) is 0 Å². The fourth-order valence-corrected chi connectivity index (χ4v) is 4.40. The molecule has 9 nitrogen and oxygen atoms in total. The van der Waals surface area contributed by atoms with Crippen LogP contribution in [0.1, 0.15) is 25.3 Å². The number of nitrogen functional groups attached to an aromatic ring is 1. The zero-order valence-corrected chi connectivity index (χ0v) is 17.7. The molecule has 2 heterocycles. The number of rotatable bonds is 7. The molecule has 1 aliphatic rings. The van der Waals surface area contributed by atoms with E-state index in [9.17, 15) is 10.1 Å². The number of fused-ring (bicyclic) bond motifs is 2. The van der Waals surface area contributed by atoms with Crippen LogP contribution in [0, 0.1) is 10.1 Å². The summed E-state index contributed by atoms with van der Waals surface area (Å²) < 4.78 is 0. The highest BCUT2D eigenvalue weighted by molar-refractivity contribution is 7.99. The first kappa shape index (κ1) is 20.6. The first-order chi connectivity index (χ1) is 15.1. The third kappa shape index (κ3) is 4.43. The zero-order valence-electron chi connectivity index (χ0n) is 16.9. The Balaban J connectivity index is 1.58. The molecular formula is C21H21N7O2S. The van der Waals surface area contributed by atoms with E-state index < -0.39 is 4.92 Å². The number of nitrogens with two attached hydrogens (primary N) is 1. The number of para-hydroxylation sites is 1. The minimum absolute atomic E-state index is 0.0549. The number of unbranched alkanes of at least 4 members (excludes halogenated alkanes) is 1. The number of hydrazone groups is 1. The Bertz CT molecular complexity index is 1150. The highest BCUT2D eigenvalue weighted by Crippen LogP contribution is 2.48. The maximum absolute atomic E-state index is 11.1. The Morgan fingerprint density at radius 1 is 1.26 bits per heavy atom. The lowest BCUT2D eigenvalue weighted by atomic mass is 10.1. The molecule has 3 N–H and O–H groups in total. The average molecular weight is 436 g/mol. The van der Waals surface area contributed by atoms with Crippen molar-refractivity contribution < 1.29 is 4.92 Å². The van der Waals surface area contributed by atoms with Gasteiger partial charge >= 0.3 is 5.69 Å². The summed E-state index contributed by atoms with van der Waals surface area (Å²) >= 11 is 1.72. The summed E-state index contributed by atoms with van der Waals surface area (Å²) in [5.41, 5.74) is 11.1. The van der Waals surface area contributed by atoms with Crippen molar-refractivity contribution in [1.82, 2.24) is 9.97 Å². The number of nitrogens with zero attached hydrogens (tertiary/aromatic N) is 5. The maximum atomic E-state index is 11.1. The van der Waals surface area contributed by atoms with E-state index in [1.54, 1.807) is 18.0 Å². The molecule has 0 spiro atoms. The molecule has 4 rings (SSSR count). The van der Waals surface area contributed by atoms with E-state index in [-0.39, 0.29) is 17.5 Å². The molecule has 0 amide bonds. The van der Waals surface area contributed by atoms with Crippen LogP contribution in [0.3, 0.4) is 0 Å². The Hall–Kier alpha value is -3.66. The number of hydrogen-bond donors (Lipinski definition) is 2. The number of benzene rings is 2. The van der Waals surface area contributed by atoms with Gasteiger partial charge in [-0.15, -0.1) is 0 Å². The van der Waals surface area contributed by atoms with E-state index in [0.717, 1.165) is 36.0 Å². The molecule has 0 radical (unpaired) electrons. The van der Waals surface area contributed by atoms with Crippen LogP contribution in [0.25, 0.3) is 0 Å². The fourth-order valence-electron chi connectivity index (χ4n) is 3.26. The minimum Gasteiger partial charge on any atom is -0.368 e. The summed E-state index contributed by atoms with van der Waals surface area (Å²) in [5.74, 6) is -0.125. The normalized spacial score (nSPS) is 12.5. The summed E-state index contributed by atoms with van der Waals surface area (Å²) in [6.07, 6.45) is 4.88. The number of anilines is 4. The standard InChI is InChI=1S/C21H21N7O2S/c1-2-3-10-27-15-6-4-5-7-18(15)31-19-11-14(8-9-16(19)27)12-24-26-20-17(28(29)30)13-23-21(22)25-20/h4-9,11-13H,2-3,10H2,1H3,(H3,22,23,25,26). The summed E-state index contributed by atoms with van der Waals surface area (Å²) in [6, 6.07) is 14.5. The molecule has 158 valence electrons. The topological polar surface area (TPSA) is 123 Å². The second-order valence-electron chi connectivity index (χ2n) is 6.89. The molecular weight excluding hydrogens is 414 g/mol. The van der Waals surface area contributed by atoms with Gasteiger partial charge in [0.2, 0.25) is 11.8 Å². The molecule has 0 saturated heterocycles. The predicted molar refractivity (Wildman–Crippen MR) is 123 cm³/mol. The molecule has 3 aromatic rings. The van der Waals surface area contributed by atoms with E-state index in [4.69, 9.17) is 5.73 Å². The zero-order chi connectivity index (χ0) is 21.8. The Kier molecular flexibility index (Phi) is 5.99. The summed E-state index contributed by atoms with van der Waals surface area (Å²) in [6.45, 7) is 3.14. The van der Waals surface area contributed by atoms with Crippen molar-refractivity contribution in [3.05, 3.63) is 64.3 Å². The third-order valence-electron chi connectivity index (χ3n) is 4.75. The molecule has 31 heavy (non-hydrogen) atoms. The molecule has 0 fully saturated rings. The first-order valence-corrected chi connectivity index (χ1v) is 10.6. The first-order valence-electron chi connectivity index (χ1n) is 9.81. The van der Waals surface area contributed by atoms with E-state index in [0.29, 0.717) is 0 Å². The third-order valence-corrected chi connectivity index (χ3v) is 5.87. The molecule has 0 unspecified atom stereocenters. The van der Waals surface area contributed by atoms with Crippen molar-refractivity contribution in [2.75, 3.05) is 22.6 Å². The van der Waals surface area contributed by atoms with Crippen molar-refractivity contribution in [1.29, 1.82) is 0 Å². The van der Waals surface area contributed by atoms with Crippen molar-refractivity contribution in [2.24, 2.45) is 5.10 Å². The molecule has 0 saturated carbocycles. The predicted octanol–water partition coefficient (Wildman–Crippen LogP) is 4.82. The smallest absolute Gasteiger partial charge is 0.331 e. The van der Waals surface area contributed by atoms with E-state index >= 15 is 0 Å². The molecule has 2 aromatic carbocycles. The Labute approximate surface area is 183 Å². The van der Waals surface area contributed by atoms with Gasteiger partial charge < -0.3 is 10.6 Å². The monoisotopic (exact) mass is 435 g/mol. The molecule has 0 aliphatic carbocycles. The lowest BCUT2D eigenvalue weighted by molar-refractivity contribution is -0.384. The van der Waals surface area contributed by atoms with Crippen molar-refractivity contribution >= 4 is 46.8 Å². The van der Waals surface area contributed by atoms with Crippen LogP contribution >= 0.6 is 11.8 Å². The number of aromatic nitrogens is 2. The molecule has 1 aromatic heterocycles. The van der Waals surface area contributed by atoms with Crippen LogP contribution in [0.2, 0.25) is 0 Å². The minimum atomic E-state index is -0.588. The lowest BCUT2D eigenvalue weighted by Gasteiger charge is -2.33. The van der Waals surface area contributed by atoms with Gasteiger partial charge in [0.1, 0.15) is 6.20 Å². The number of hydrogen-bond acceptors (Lipinski definition) is 9. The largest absolute Gasteiger partial charge is 0.368 e. The second kappa shape index (κ2) is 9.00. The summed E-state index contributed by atoms with van der Waals surface area (Å²) in [4.78, 5) is 22.7. The van der Waals surface area contributed by atoms with Crippen molar-refractivity contribution in [2.45, 2.75) is 29.6 Å². The highest BCUT2D eigenvalue weighted by Gasteiger charge is 2.23. The van der Waals surface area contributed by atoms with E-state index in [1.807, 2.05) is 12.1 Å². The molecule has 1 aliphatic heterocycles. The molecule has 0 atom stereocenters. The van der Waals surface area contributed by atoms with Gasteiger partial charge in [-0.05, 0) is 36.2 Å². The van der Waals surface area contributed by atoms with Crippen LogP contribution in [-0.2, 0) is 0 Å². The van der Waals surface area contributed by atoms with Gasteiger partial charge in [-0.1, -0.05) is 43.3 Å². The van der Waals surface area contributed by atoms with Gasteiger partial charge in [-0.3, -0.25) is 15.5 Å². The van der Waals surface area contributed by atoms with Crippen molar-refractivity contribution in [3.8, 4) is 0 Å². The van der Waals surface area contributed by atoms with Crippen LogP contribution < -0.4 is 16.1 Å². The van der Waals surface area contributed by atoms with Gasteiger partial charge in [-0.2, -0.15) is 10.1 Å². The highest BCUT2D eigenvalue weighted by atomic mass is 32.2. The molecule has 0 bridgehead atoms. The van der Waals surface area contributed by atoms with Crippen molar-refractivity contribution in [3.63, 3.8) is 0 Å². The van der Waals surface area contributed by atoms with Gasteiger partial charge in [0, 0.05) is 16.3 Å². The Morgan fingerprint density at radius 2 is 2.06 bits per heavy atom. The quantitative estimate of drug-likeness (QED) is 0.308.